The summed E-state index contributed by atoms with van der Waals surface area (Å²) in [5.74, 6) is 0. The van der Waals surface area contributed by atoms with Crippen LogP contribution in [0.2, 0.25) is 0 Å². The first-order valence-electron chi connectivity index (χ1n) is 5.07. The number of ether oxygens (including phenoxy) is 2. The molecule has 1 heterocycles. The average Bonchev–Trinajstić information content (AvgIpc) is 2.28. The zero-order chi connectivity index (χ0) is 12.3. The van der Waals surface area contributed by atoms with Crippen molar-refractivity contribution in [3.8, 4) is 0 Å². The van der Waals surface area contributed by atoms with Gasteiger partial charge < -0.3 is 35.0 Å². The molecule has 0 aromatic heterocycles. The highest BCUT2D eigenvalue weighted by molar-refractivity contribution is 4.88. The summed E-state index contributed by atoms with van der Waals surface area (Å²) in [6.07, 6.45) is -7.24. The molecule has 1 saturated heterocycles. The molecule has 5 N–H and O–H groups in total. The van der Waals surface area contributed by atoms with Gasteiger partial charge in [-0.05, 0) is 0 Å². The van der Waals surface area contributed by atoms with E-state index in [1.807, 2.05) is 0 Å². The fourth-order valence-corrected chi connectivity index (χ4v) is 1.28. The molecule has 1 rings (SSSR count). The molecule has 7 heteroatoms. The molecule has 15 heavy (non-hydrogen) atoms. The summed E-state index contributed by atoms with van der Waals surface area (Å²) in [5, 5.41) is 45.6. The van der Waals surface area contributed by atoms with Crippen LogP contribution in [0.3, 0.4) is 0 Å². The van der Waals surface area contributed by atoms with E-state index >= 15 is 0 Å². The minimum Gasteiger partial charge on any atom is -0.394 e. The van der Waals surface area contributed by atoms with E-state index in [9.17, 15) is 10.2 Å². The van der Waals surface area contributed by atoms with Crippen LogP contribution >= 0.6 is 0 Å². The summed E-state index contributed by atoms with van der Waals surface area (Å²) in [7, 11) is 0. The smallest absolute Gasteiger partial charge is 0.184 e. The molecular formula is C8H16O7. The van der Waals surface area contributed by atoms with Crippen molar-refractivity contribution in [2.45, 2.75) is 30.7 Å². The van der Waals surface area contributed by atoms with Crippen LogP contribution in [0.25, 0.3) is 0 Å². The predicted molar refractivity (Wildman–Crippen MR) is 46.8 cm³/mol. The van der Waals surface area contributed by atoms with Gasteiger partial charge in [0.2, 0.25) is 0 Å². The Hall–Kier alpha value is -0.280. The molecule has 90 valence electrons. The Bertz CT molecular complexity index is 217. The number of aliphatic hydroxyl groups excluding tert-OH is 5. The molecule has 0 aliphatic carbocycles. The van der Waals surface area contributed by atoms with Crippen molar-refractivity contribution in [1.82, 2.24) is 0 Å². The Morgan fingerprint density at radius 3 is 2.40 bits per heavy atom. The summed E-state index contributed by atoms with van der Waals surface area (Å²) < 4.78 is 16.6. The molecular weight excluding hydrogens is 208 g/mol. The van der Waals surface area contributed by atoms with Gasteiger partial charge in [-0.1, -0.05) is 0 Å². The normalized spacial score (nSPS) is 44.9. The lowest BCUT2D eigenvalue weighted by atomic mass is 9.99. The van der Waals surface area contributed by atoms with E-state index in [2.05, 4.69) is 0 Å². The molecule has 0 amide bonds. The first-order chi connectivity index (χ1) is 7.47. The molecule has 1 aliphatic heterocycles. The lowest BCUT2D eigenvalue weighted by Gasteiger charge is -2.38. The van der Waals surface area contributed by atoms with Gasteiger partial charge in [-0.25, -0.2) is 0 Å². The van der Waals surface area contributed by atoms with Crippen LogP contribution in [0.5, 0.6) is 0 Å². The Morgan fingerprint density at radius 2 is 1.80 bits per heavy atom. The summed E-state index contributed by atoms with van der Waals surface area (Å²) in [4.78, 5) is 0. The zero-order valence-corrected chi connectivity index (χ0v) is 7.93. The highest BCUT2D eigenvalue weighted by Gasteiger charge is 2.42. The van der Waals surface area contributed by atoms with E-state index in [0.29, 0.717) is 0 Å². The summed E-state index contributed by atoms with van der Waals surface area (Å²) in [5.41, 5.74) is 0. The number of rotatable bonds is 4. The van der Waals surface area contributed by atoms with E-state index in [0.717, 1.165) is 0 Å². The molecule has 1 fully saturated rings. The number of aliphatic hydroxyl groups is 5. The van der Waals surface area contributed by atoms with E-state index in [-0.39, 0.29) is 6.61 Å². The number of hydrogen-bond donors (Lipinski definition) is 5. The molecule has 1 aliphatic rings. The lowest BCUT2D eigenvalue weighted by molar-refractivity contribution is -0.288. The van der Waals surface area contributed by atoms with Gasteiger partial charge >= 0.3 is 0 Å². The number of hydrogen-bond acceptors (Lipinski definition) is 7. The van der Waals surface area contributed by atoms with Crippen molar-refractivity contribution in [1.29, 1.82) is 0 Å². The molecule has 0 aromatic carbocycles. The highest BCUT2D eigenvalue weighted by Crippen LogP contribution is 2.19. The van der Waals surface area contributed by atoms with Crippen molar-refractivity contribution in [2.24, 2.45) is 0 Å². The maximum absolute atomic E-state index is 9.46. The average molecular weight is 225 g/mol. The Kier molecular flexibility index (Phi) is 4.27. The largest absolute Gasteiger partial charge is 0.394 e. The molecule has 0 aromatic rings. The third-order valence-corrected chi connectivity index (χ3v) is 2.14. The SMILES string of the molecule is [2H]C(CO)OC[C@H]1OC(O)[C@H](O)[C@@H](O)[C@H]1O. The molecule has 0 bridgehead atoms. The first kappa shape index (κ1) is 11.2. The molecule has 0 saturated carbocycles. The summed E-state index contributed by atoms with van der Waals surface area (Å²) in [6.45, 7) is -1.98. The predicted octanol–water partition coefficient (Wildman–Crippen LogP) is -3.20. The third-order valence-electron chi connectivity index (χ3n) is 2.14. The van der Waals surface area contributed by atoms with Crippen molar-refractivity contribution < 1.29 is 36.4 Å². The molecule has 0 radical (unpaired) electrons. The third kappa shape index (κ3) is 3.08. The fourth-order valence-electron chi connectivity index (χ4n) is 1.28. The second-order valence-corrected chi connectivity index (χ2v) is 3.22. The van der Waals surface area contributed by atoms with E-state index in [1.54, 1.807) is 0 Å². The van der Waals surface area contributed by atoms with Crippen LogP contribution < -0.4 is 0 Å². The first-order valence-corrected chi connectivity index (χ1v) is 4.49. The quantitative estimate of drug-likeness (QED) is 0.341. The van der Waals surface area contributed by atoms with Crippen LogP contribution in [0.4, 0.5) is 0 Å². The highest BCUT2D eigenvalue weighted by atomic mass is 16.6. The minimum absolute atomic E-state index is 0.281. The van der Waals surface area contributed by atoms with E-state index in [1.165, 1.54) is 0 Å². The second-order valence-electron chi connectivity index (χ2n) is 3.22. The lowest BCUT2D eigenvalue weighted by Crippen LogP contribution is -2.58. The van der Waals surface area contributed by atoms with Crippen LogP contribution in [0.15, 0.2) is 0 Å². The van der Waals surface area contributed by atoms with Crippen LogP contribution in [-0.2, 0) is 9.47 Å². The van der Waals surface area contributed by atoms with Gasteiger partial charge in [-0.2, -0.15) is 0 Å². The molecule has 7 nitrogen and oxygen atoms in total. The Labute approximate surface area is 87.9 Å². The van der Waals surface area contributed by atoms with Crippen LogP contribution in [-0.4, -0.2) is 76.0 Å². The summed E-state index contributed by atoms with van der Waals surface area (Å²) in [6, 6.07) is 0. The van der Waals surface area contributed by atoms with E-state index < -0.39 is 43.9 Å². The van der Waals surface area contributed by atoms with Crippen LogP contribution in [0, 0.1) is 0 Å². The Balaban J connectivity index is 2.47. The molecule has 6 atom stereocenters. The minimum atomic E-state index is -1.62. The van der Waals surface area contributed by atoms with Crippen LogP contribution in [0.1, 0.15) is 1.37 Å². The van der Waals surface area contributed by atoms with Gasteiger partial charge in [0.1, 0.15) is 24.4 Å². The van der Waals surface area contributed by atoms with Gasteiger partial charge in [-0.3, -0.25) is 0 Å². The van der Waals surface area contributed by atoms with Crippen molar-refractivity contribution in [2.75, 3.05) is 19.8 Å². The topological polar surface area (TPSA) is 120 Å². The van der Waals surface area contributed by atoms with Gasteiger partial charge in [0.25, 0.3) is 0 Å². The molecule has 0 spiro atoms. The van der Waals surface area contributed by atoms with Crippen molar-refractivity contribution in [3.63, 3.8) is 0 Å². The van der Waals surface area contributed by atoms with E-state index in [4.69, 9.17) is 26.2 Å². The maximum atomic E-state index is 9.46. The Morgan fingerprint density at radius 1 is 1.13 bits per heavy atom. The summed E-state index contributed by atoms with van der Waals surface area (Å²) >= 11 is 0. The zero-order valence-electron chi connectivity index (χ0n) is 8.93. The van der Waals surface area contributed by atoms with Gasteiger partial charge in [0, 0.05) is 0 Å². The molecule has 2 unspecified atom stereocenters. The van der Waals surface area contributed by atoms with Crippen molar-refractivity contribution >= 4 is 0 Å². The standard InChI is InChI=1S/C8H16O7/c9-1-2-14-3-4-5(10)6(11)7(12)8(13)15-4/h4-13H,1-3H2/t4-,5+,6+,7-,8?/m1/s1/i2D/t2?,4-,5+,6+,7-,8?. The monoisotopic (exact) mass is 225 g/mol. The van der Waals surface area contributed by atoms with Gasteiger partial charge in [0.15, 0.2) is 6.29 Å². The van der Waals surface area contributed by atoms with Gasteiger partial charge in [-0.15, -0.1) is 0 Å². The maximum Gasteiger partial charge on any atom is 0.184 e. The van der Waals surface area contributed by atoms with Crippen molar-refractivity contribution in [3.05, 3.63) is 0 Å². The van der Waals surface area contributed by atoms with Gasteiger partial charge in [0.05, 0.1) is 21.2 Å². The fraction of sp³-hybridized carbons (Fsp3) is 1.00. The second kappa shape index (κ2) is 5.71.